The summed E-state index contributed by atoms with van der Waals surface area (Å²) in [5.41, 5.74) is 2.69. The van der Waals surface area contributed by atoms with Gasteiger partial charge >= 0.3 is 0 Å². The zero-order valence-electron chi connectivity index (χ0n) is 15.7. The lowest BCUT2D eigenvalue weighted by Gasteiger charge is -2.24. The number of hydrogen-bond acceptors (Lipinski definition) is 5. The molecule has 0 fully saturated rings. The zero-order valence-corrected chi connectivity index (χ0v) is 16.5. The third kappa shape index (κ3) is 3.59. The van der Waals surface area contributed by atoms with Gasteiger partial charge in [-0.3, -0.25) is 9.48 Å². The van der Waals surface area contributed by atoms with Crippen molar-refractivity contribution >= 4 is 17.5 Å². The largest absolute Gasteiger partial charge is 0.454 e. The van der Waals surface area contributed by atoms with Crippen LogP contribution < -0.4 is 14.8 Å². The van der Waals surface area contributed by atoms with Crippen LogP contribution in [0.25, 0.3) is 0 Å². The Hall–Kier alpha value is -3.10. The summed E-state index contributed by atoms with van der Waals surface area (Å²) in [5, 5.41) is 7.45. The number of amides is 1. The van der Waals surface area contributed by atoms with Crippen LogP contribution >= 0.6 is 11.6 Å². The van der Waals surface area contributed by atoms with Gasteiger partial charge in [0, 0.05) is 11.6 Å². The van der Waals surface area contributed by atoms with Crippen molar-refractivity contribution in [1.29, 1.82) is 0 Å². The van der Waals surface area contributed by atoms with Crippen LogP contribution in [0.15, 0.2) is 42.5 Å². The summed E-state index contributed by atoms with van der Waals surface area (Å²) in [4.78, 5) is 12.5. The summed E-state index contributed by atoms with van der Waals surface area (Å²) in [5.74, 6) is 0.655. The van der Waals surface area contributed by atoms with Crippen molar-refractivity contribution in [2.45, 2.75) is 25.8 Å². The number of benzene rings is 2. The molecular weight excluding hydrogens is 413 g/mol. The quantitative estimate of drug-likeness (QED) is 0.685. The predicted octanol–water partition coefficient (Wildman–Crippen LogP) is 3.61. The van der Waals surface area contributed by atoms with E-state index in [1.54, 1.807) is 16.8 Å². The van der Waals surface area contributed by atoms with E-state index < -0.39 is 5.82 Å². The molecule has 0 unspecified atom stereocenters. The number of fused-ring (bicyclic) bond motifs is 2. The van der Waals surface area contributed by atoms with E-state index in [1.165, 1.54) is 12.1 Å². The molecule has 3 aromatic rings. The van der Waals surface area contributed by atoms with Gasteiger partial charge in [0.25, 0.3) is 5.91 Å². The van der Waals surface area contributed by atoms with Crippen LogP contribution in [0.1, 0.15) is 33.4 Å². The summed E-state index contributed by atoms with van der Waals surface area (Å²) in [6.45, 7) is 1.21. The number of rotatable bonds is 4. The van der Waals surface area contributed by atoms with Crippen LogP contribution in [0.5, 0.6) is 11.5 Å². The van der Waals surface area contributed by atoms with Crippen LogP contribution in [-0.2, 0) is 24.4 Å². The van der Waals surface area contributed by atoms with E-state index in [0.29, 0.717) is 24.5 Å². The van der Waals surface area contributed by atoms with Gasteiger partial charge in [-0.1, -0.05) is 23.7 Å². The number of nitrogens with one attached hydrogen (secondary N) is 1. The van der Waals surface area contributed by atoms with E-state index >= 15 is 0 Å². The fraction of sp³-hybridized carbons (Fsp3) is 0.238. The third-order valence-corrected chi connectivity index (χ3v) is 5.44. The van der Waals surface area contributed by atoms with Crippen LogP contribution in [0, 0.1) is 5.82 Å². The van der Waals surface area contributed by atoms with Gasteiger partial charge in [0.2, 0.25) is 6.79 Å². The fourth-order valence-corrected chi connectivity index (χ4v) is 3.72. The van der Waals surface area contributed by atoms with E-state index in [2.05, 4.69) is 10.4 Å². The molecule has 7 nitrogen and oxygen atoms in total. The maximum atomic E-state index is 13.2. The highest BCUT2D eigenvalue weighted by molar-refractivity contribution is 6.31. The molecule has 30 heavy (non-hydrogen) atoms. The van der Waals surface area contributed by atoms with E-state index in [1.807, 2.05) is 18.2 Å². The standard InChI is InChI=1S/C21H17ClFN3O4/c22-16-6-14(23)3-1-13(16)8-24-21(27)17-7-15-10-28-20(9-26(15)25-17)12-2-4-18-19(5-12)30-11-29-18/h1-7,20H,8-11H2,(H,24,27)/t20-/m0/s1. The van der Waals surface area contributed by atoms with Crippen LogP contribution in [-0.4, -0.2) is 22.5 Å². The Bertz CT molecular complexity index is 1130. The van der Waals surface area contributed by atoms with Gasteiger partial charge in [-0.2, -0.15) is 5.10 Å². The van der Waals surface area contributed by atoms with E-state index in [9.17, 15) is 9.18 Å². The molecule has 0 radical (unpaired) electrons. The van der Waals surface area contributed by atoms with Crippen LogP contribution in [0.2, 0.25) is 5.02 Å². The summed E-state index contributed by atoms with van der Waals surface area (Å²) >= 11 is 6.01. The molecule has 2 aliphatic heterocycles. The molecule has 0 aliphatic carbocycles. The number of aromatic nitrogens is 2. The number of carbonyl (C=O) groups is 1. The second-order valence-electron chi connectivity index (χ2n) is 7.03. The number of hydrogen-bond donors (Lipinski definition) is 1. The first-order valence-corrected chi connectivity index (χ1v) is 9.74. The molecule has 0 saturated carbocycles. The minimum Gasteiger partial charge on any atom is -0.454 e. The average Bonchev–Trinajstić information content (AvgIpc) is 3.38. The smallest absolute Gasteiger partial charge is 0.272 e. The Labute approximate surface area is 176 Å². The molecule has 2 aliphatic rings. The molecule has 1 amide bonds. The molecule has 1 aromatic heterocycles. The molecule has 0 bridgehead atoms. The van der Waals surface area contributed by atoms with E-state index in [0.717, 1.165) is 17.0 Å². The first kappa shape index (κ1) is 18.9. The summed E-state index contributed by atoms with van der Waals surface area (Å²) < 4.78 is 31.7. The number of ether oxygens (including phenoxy) is 3. The first-order chi connectivity index (χ1) is 14.6. The van der Waals surface area contributed by atoms with Crippen molar-refractivity contribution in [2.24, 2.45) is 0 Å². The summed E-state index contributed by atoms with van der Waals surface area (Å²) in [6.07, 6.45) is -0.208. The number of nitrogens with zero attached hydrogens (tertiary/aromatic N) is 2. The Morgan fingerprint density at radius 3 is 2.93 bits per heavy atom. The lowest BCUT2D eigenvalue weighted by atomic mass is 10.1. The van der Waals surface area contributed by atoms with Crippen LogP contribution in [0.4, 0.5) is 4.39 Å². The lowest BCUT2D eigenvalue weighted by molar-refractivity contribution is -0.00128. The van der Waals surface area contributed by atoms with Gasteiger partial charge in [0.1, 0.15) is 11.9 Å². The minimum atomic E-state index is -0.422. The summed E-state index contributed by atoms with van der Waals surface area (Å²) in [6, 6.07) is 11.5. The van der Waals surface area contributed by atoms with Crippen molar-refractivity contribution in [2.75, 3.05) is 6.79 Å². The monoisotopic (exact) mass is 429 g/mol. The Balaban J connectivity index is 1.27. The maximum Gasteiger partial charge on any atom is 0.272 e. The van der Waals surface area contributed by atoms with Crippen molar-refractivity contribution in [3.63, 3.8) is 0 Å². The molecule has 0 spiro atoms. The normalized spacial score (nSPS) is 16.9. The maximum absolute atomic E-state index is 13.2. The average molecular weight is 430 g/mol. The Morgan fingerprint density at radius 2 is 2.07 bits per heavy atom. The van der Waals surface area contributed by atoms with Gasteiger partial charge in [-0.25, -0.2) is 4.39 Å². The highest BCUT2D eigenvalue weighted by atomic mass is 35.5. The molecule has 1 atom stereocenters. The molecule has 2 aromatic carbocycles. The topological polar surface area (TPSA) is 74.6 Å². The van der Waals surface area contributed by atoms with Crippen LogP contribution in [0.3, 0.4) is 0 Å². The highest BCUT2D eigenvalue weighted by Crippen LogP contribution is 2.36. The molecule has 5 rings (SSSR count). The van der Waals surface area contributed by atoms with Gasteiger partial charge < -0.3 is 19.5 Å². The SMILES string of the molecule is O=C(NCc1ccc(F)cc1Cl)c1cc2n(n1)C[C@@H](c1ccc3c(c1)OCO3)OC2. The van der Waals surface area contributed by atoms with E-state index in [-0.39, 0.29) is 36.1 Å². The van der Waals surface area contributed by atoms with Gasteiger partial charge in [0.15, 0.2) is 17.2 Å². The van der Waals surface area contributed by atoms with E-state index in [4.69, 9.17) is 25.8 Å². The number of carbonyl (C=O) groups excluding carboxylic acids is 1. The first-order valence-electron chi connectivity index (χ1n) is 9.37. The lowest BCUT2D eigenvalue weighted by Crippen LogP contribution is -2.24. The van der Waals surface area contributed by atoms with Crippen molar-refractivity contribution in [1.82, 2.24) is 15.1 Å². The molecule has 3 heterocycles. The van der Waals surface area contributed by atoms with Gasteiger partial charge in [-0.15, -0.1) is 0 Å². The molecule has 154 valence electrons. The Kier molecular flexibility index (Phi) is 4.80. The second kappa shape index (κ2) is 7.62. The third-order valence-electron chi connectivity index (χ3n) is 5.09. The Morgan fingerprint density at radius 1 is 1.20 bits per heavy atom. The number of halogens is 2. The second-order valence-corrected chi connectivity index (χ2v) is 7.44. The predicted molar refractivity (Wildman–Crippen MR) is 105 cm³/mol. The molecular formula is C21H17ClFN3O4. The van der Waals surface area contributed by atoms with Gasteiger partial charge in [-0.05, 0) is 41.5 Å². The summed E-state index contributed by atoms with van der Waals surface area (Å²) in [7, 11) is 0. The van der Waals surface area contributed by atoms with Gasteiger partial charge in [0.05, 0.1) is 18.8 Å². The molecule has 9 heteroatoms. The van der Waals surface area contributed by atoms with Crippen molar-refractivity contribution in [3.8, 4) is 11.5 Å². The van der Waals surface area contributed by atoms with Crippen molar-refractivity contribution < 1.29 is 23.4 Å². The van der Waals surface area contributed by atoms with Crippen molar-refractivity contribution in [3.05, 3.63) is 75.8 Å². The molecule has 1 N–H and O–H groups in total. The molecule has 0 saturated heterocycles. The highest BCUT2D eigenvalue weighted by Gasteiger charge is 2.26. The fourth-order valence-electron chi connectivity index (χ4n) is 3.48. The zero-order chi connectivity index (χ0) is 20.7. The minimum absolute atomic E-state index is 0.177.